The average Bonchev–Trinajstić information content (AvgIpc) is 3.49. The van der Waals surface area contributed by atoms with E-state index in [0.717, 1.165) is 25.7 Å². The minimum absolute atomic E-state index is 0.141. The molecule has 0 saturated heterocycles. The molecule has 3 aromatic rings. The Morgan fingerprint density at radius 2 is 2.03 bits per heavy atom. The van der Waals surface area contributed by atoms with Crippen LogP contribution in [0, 0.1) is 0 Å². The summed E-state index contributed by atoms with van der Waals surface area (Å²) in [4.78, 5) is 25.3. The van der Waals surface area contributed by atoms with E-state index in [0.29, 0.717) is 39.6 Å². The number of furan rings is 1. The van der Waals surface area contributed by atoms with Gasteiger partial charge in [0.2, 0.25) is 5.91 Å². The predicted octanol–water partition coefficient (Wildman–Crippen LogP) is 5.00. The van der Waals surface area contributed by atoms with Gasteiger partial charge in [-0.1, -0.05) is 42.6 Å². The van der Waals surface area contributed by atoms with Crippen molar-refractivity contribution in [3.8, 4) is 11.6 Å². The number of hydrogen-bond acceptors (Lipinski definition) is 6. The summed E-state index contributed by atoms with van der Waals surface area (Å²) in [5.41, 5.74) is 0.883. The second-order valence-electron chi connectivity index (χ2n) is 7.87. The van der Waals surface area contributed by atoms with E-state index in [1.807, 2.05) is 17.6 Å². The van der Waals surface area contributed by atoms with Gasteiger partial charge in [0, 0.05) is 18.3 Å². The molecule has 0 atom stereocenters. The highest BCUT2D eigenvalue weighted by Gasteiger charge is 2.20. The number of nitrogens with zero attached hydrogens (tertiary/aromatic N) is 3. The first-order valence-corrected chi connectivity index (χ1v) is 12.4. The maximum Gasteiger partial charge on any atom is 0.253 e. The quantitative estimate of drug-likeness (QED) is 0.433. The fraction of sp³-hybridized carbons (Fsp3) is 0.391. The molecular formula is C23H26ClN5O3S. The van der Waals surface area contributed by atoms with Crippen LogP contribution in [-0.4, -0.2) is 38.4 Å². The normalized spacial score (nSPS) is 14.2. The van der Waals surface area contributed by atoms with Gasteiger partial charge in [-0.05, 0) is 50.1 Å². The Labute approximate surface area is 201 Å². The van der Waals surface area contributed by atoms with Crippen LogP contribution in [0.5, 0.6) is 0 Å². The Morgan fingerprint density at radius 3 is 2.76 bits per heavy atom. The standard InChI is InChI=1S/C23H26ClN5O3S/c1-2-29-21(19-9-6-12-32-19)27-28-23(29)33-14-20(30)25-16-10-11-18(24)17(13-16)22(31)26-15-7-4-3-5-8-15/h6,9-13,15H,2-5,7-8,14H2,1H3,(H,25,30)(H,26,31). The monoisotopic (exact) mass is 487 g/mol. The summed E-state index contributed by atoms with van der Waals surface area (Å²) in [7, 11) is 0. The lowest BCUT2D eigenvalue weighted by Crippen LogP contribution is -2.36. The fourth-order valence-corrected chi connectivity index (χ4v) is 4.89. The zero-order chi connectivity index (χ0) is 23.2. The van der Waals surface area contributed by atoms with Crippen molar-refractivity contribution in [1.82, 2.24) is 20.1 Å². The zero-order valence-electron chi connectivity index (χ0n) is 18.3. The lowest BCUT2D eigenvalue weighted by atomic mass is 9.95. The fourth-order valence-electron chi connectivity index (χ4n) is 3.88. The first-order chi connectivity index (χ1) is 16.0. The SMILES string of the molecule is CCn1c(SCC(=O)Nc2ccc(Cl)c(C(=O)NC3CCCCC3)c2)nnc1-c1ccco1. The molecule has 10 heteroatoms. The molecule has 1 saturated carbocycles. The maximum absolute atomic E-state index is 12.7. The van der Waals surface area contributed by atoms with Crippen molar-refractivity contribution >= 4 is 40.9 Å². The molecule has 0 unspecified atom stereocenters. The molecule has 2 aromatic heterocycles. The first kappa shape index (κ1) is 23.4. The molecule has 2 N–H and O–H groups in total. The number of anilines is 1. The van der Waals surface area contributed by atoms with Gasteiger partial charge in [-0.2, -0.15) is 0 Å². The molecule has 174 valence electrons. The number of halogens is 1. The van der Waals surface area contributed by atoms with Crippen LogP contribution in [0.3, 0.4) is 0 Å². The third-order valence-electron chi connectivity index (χ3n) is 5.54. The van der Waals surface area contributed by atoms with Gasteiger partial charge in [-0.25, -0.2) is 0 Å². The van der Waals surface area contributed by atoms with E-state index in [4.69, 9.17) is 16.0 Å². The number of thioether (sulfide) groups is 1. The van der Waals surface area contributed by atoms with Gasteiger partial charge in [0.05, 0.1) is 22.6 Å². The molecule has 4 rings (SSSR count). The van der Waals surface area contributed by atoms with Gasteiger partial charge in [0.25, 0.3) is 5.91 Å². The molecule has 0 radical (unpaired) electrons. The van der Waals surface area contributed by atoms with E-state index in [9.17, 15) is 9.59 Å². The molecule has 2 heterocycles. The maximum atomic E-state index is 12.7. The number of hydrogen-bond donors (Lipinski definition) is 2. The molecule has 33 heavy (non-hydrogen) atoms. The molecule has 2 amide bonds. The highest BCUT2D eigenvalue weighted by atomic mass is 35.5. The lowest BCUT2D eigenvalue weighted by Gasteiger charge is -2.23. The van der Waals surface area contributed by atoms with Crippen LogP contribution in [0.15, 0.2) is 46.2 Å². The van der Waals surface area contributed by atoms with Crippen LogP contribution < -0.4 is 10.6 Å². The highest BCUT2D eigenvalue weighted by Crippen LogP contribution is 2.26. The Bertz CT molecular complexity index is 1110. The van der Waals surface area contributed by atoms with E-state index in [2.05, 4.69) is 20.8 Å². The number of nitrogens with one attached hydrogen (secondary N) is 2. The van der Waals surface area contributed by atoms with Crippen LogP contribution in [0.25, 0.3) is 11.6 Å². The van der Waals surface area contributed by atoms with Crippen molar-refractivity contribution < 1.29 is 14.0 Å². The molecule has 1 aliphatic carbocycles. The molecule has 1 aromatic carbocycles. The van der Waals surface area contributed by atoms with Gasteiger partial charge >= 0.3 is 0 Å². The van der Waals surface area contributed by atoms with E-state index in [1.165, 1.54) is 18.2 Å². The Morgan fingerprint density at radius 1 is 1.21 bits per heavy atom. The number of carbonyl (C=O) groups excluding carboxylic acids is 2. The highest BCUT2D eigenvalue weighted by molar-refractivity contribution is 7.99. The van der Waals surface area contributed by atoms with Crippen molar-refractivity contribution in [2.75, 3.05) is 11.1 Å². The summed E-state index contributed by atoms with van der Waals surface area (Å²) in [6.45, 7) is 2.62. The van der Waals surface area contributed by atoms with Gasteiger partial charge < -0.3 is 15.1 Å². The molecule has 1 fully saturated rings. The molecule has 0 spiro atoms. The Kier molecular flexibility index (Phi) is 7.72. The second-order valence-corrected chi connectivity index (χ2v) is 9.22. The van der Waals surface area contributed by atoms with Gasteiger partial charge in [0.1, 0.15) is 0 Å². The smallest absolute Gasteiger partial charge is 0.253 e. The van der Waals surface area contributed by atoms with Gasteiger partial charge in [0.15, 0.2) is 16.7 Å². The zero-order valence-corrected chi connectivity index (χ0v) is 19.9. The van der Waals surface area contributed by atoms with E-state index >= 15 is 0 Å². The summed E-state index contributed by atoms with van der Waals surface area (Å²) in [6, 6.07) is 8.72. The van der Waals surface area contributed by atoms with Crippen molar-refractivity contribution in [3.63, 3.8) is 0 Å². The second kappa shape index (κ2) is 10.9. The van der Waals surface area contributed by atoms with Crippen molar-refractivity contribution in [1.29, 1.82) is 0 Å². The number of carbonyl (C=O) groups is 2. The minimum atomic E-state index is -0.217. The first-order valence-electron chi connectivity index (χ1n) is 11.0. The van der Waals surface area contributed by atoms with Crippen LogP contribution in [-0.2, 0) is 11.3 Å². The Balaban J connectivity index is 1.37. The number of aromatic nitrogens is 3. The van der Waals surface area contributed by atoms with Crippen LogP contribution in [0.2, 0.25) is 5.02 Å². The molecule has 1 aliphatic rings. The van der Waals surface area contributed by atoms with Crippen LogP contribution in [0.4, 0.5) is 5.69 Å². The van der Waals surface area contributed by atoms with E-state index in [-0.39, 0.29) is 23.6 Å². The molecule has 0 bridgehead atoms. The van der Waals surface area contributed by atoms with E-state index in [1.54, 1.807) is 30.5 Å². The Hall–Kier alpha value is -2.78. The molecule has 8 nitrogen and oxygen atoms in total. The van der Waals surface area contributed by atoms with Crippen molar-refractivity contribution in [3.05, 3.63) is 47.2 Å². The van der Waals surface area contributed by atoms with Crippen molar-refractivity contribution in [2.24, 2.45) is 0 Å². The van der Waals surface area contributed by atoms with Gasteiger partial charge in [-0.3, -0.25) is 14.2 Å². The van der Waals surface area contributed by atoms with Crippen molar-refractivity contribution in [2.45, 2.75) is 56.8 Å². The topological polar surface area (TPSA) is 102 Å². The summed E-state index contributed by atoms with van der Waals surface area (Å²) in [5.74, 6) is 0.963. The number of amides is 2. The average molecular weight is 488 g/mol. The third-order valence-corrected chi connectivity index (χ3v) is 6.84. The lowest BCUT2D eigenvalue weighted by molar-refractivity contribution is -0.113. The summed E-state index contributed by atoms with van der Waals surface area (Å²) in [6.07, 6.45) is 7.02. The third kappa shape index (κ3) is 5.78. The largest absolute Gasteiger partial charge is 0.461 e. The summed E-state index contributed by atoms with van der Waals surface area (Å²) < 4.78 is 7.31. The number of benzene rings is 1. The predicted molar refractivity (Wildman–Crippen MR) is 129 cm³/mol. The molecule has 0 aliphatic heterocycles. The van der Waals surface area contributed by atoms with E-state index < -0.39 is 0 Å². The minimum Gasteiger partial charge on any atom is -0.461 e. The van der Waals surface area contributed by atoms with Crippen LogP contribution >= 0.6 is 23.4 Å². The number of rotatable bonds is 8. The van der Waals surface area contributed by atoms with Gasteiger partial charge in [-0.15, -0.1) is 10.2 Å². The van der Waals surface area contributed by atoms with Crippen LogP contribution in [0.1, 0.15) is 49.4 Å². The molecular weight excluding hydrogens is 462 g/mol. The summed E-state index contributed by atoms with van der Waals surface area (Å²) >= 11 is 7.55. The summed E-state index contributed by atoms with van der Waals surface area (Å²) in [5, 5.41) is 15.3.